The summed E-state index contributed by atoms with van der Waals surface area (Å²) in [5, 5.41) is 0. The van der Waals surface area contributed by atoms with Crippen molar-refractivity contribution in [1.82, 2.24) is 4.90 Å². The van der Waals surface area contributed by atoms with Crippen molar-refractivity contribution in [3.63, 3.8) is 0 Å². The van der Waals surface area contributed by atoms with E-state index in [1.165, 1.54) is 42.4 Å². The van der Waals surface area contributed by atoms with Crippen molar-refractivity contribution in [2.24, 2.45) is 0 Å². The molecule has 1 nitrogen and oxygen atoms in total. The normalized spacial score (nSPS) is 21.7. The van der Waals surface area contributed by atoms with Gasteiger partial charge in [-0.25, -0.2) is 0 Å². The van der Waals surface area contributed by atoms with E-state index in [0.717, 1.165) is 13.1 Å². The summed E-state index contributed by atoms with van der Waals surface area (Å²) in [7, 11) is 2.24. The number of fused-ring (bicyclic) bond motifs is 2. The van der Waals surface area contributed by atoms with Crippen LogP contribution in [0.1, 0.15) is 46.6 Å². The minimum Gasteiger partial charge on any atom is -0.301 e. The van der Waals surface area contributed by atoms with Gasteiger partial charge in [0.2, 0.25) is 0 Å². The van der Waals surface area contributed by atoms with Gasteiger partial charge in [0.15, 0.2) is 0 Å². The molecule has 1 aliphatic heterocycles. The number of hydrogen-bond donors (Lipinski definition) is 0. The third-order valence-corrected chi connectivity index (χ3v) is 5.14. The quantitative estimate of drug-likeness (QED) is 0.757. The lowest BCUT2D eigenvalue weighted by Crippen LogP contribution is -2.31. The number of rotatable bonds is 1. The van der Waals surface area contributed by atoms with Crippen LogP contribution in [0.15, 0.2) is 42.5 Å². The molecule has 1 heteroatoms. The lowest BCUT2D eigenvalue weighted by molar-refractivity contribution is 0.295. The second-order valence-corrected chi connectivity index (χ2v) is 6.68. The molecule has 0 N–H and O–H groups in total. The molecule has 0 amide bonds. The second-order valence-electron chi connectivity index (χ2n) is 6.68. The Balaban J connectivity index is 1.76. The van der Waals surface area contributed by atoms with Gasteiger partial charge < -0.3 is 4.90 Å². The Hall–Kier alpha value is -1.60. The van der Waals surface area contributed by atoms with E-state index >= 15 is 0 Å². The molecular formula is C20H23N. The first-order valence-electron chi connectivity index (χ1n) is 8.19. The highest BCUT2D eigenvalue weighted by Gasteiger charge is 2.25. The summed E-state index contributed by atoms with van der Waals surface area (Å²) in [4.78, 5) is 2.45. The molecule has 2 aromatic carbocycles. The summed E-state index contributed by atoms with van der Waals surface area (Å²) < 4.78 is 0. The van der Waals surface area contributed by atoms with Gasteiger partial charge in [0.25, 0.3) is 0 Å². The molecule has 2 aromatic rings. The molecule has 1 atom stereocenters. The summed E-state index contributed by atoms with van der Waals surface area (Å²) >= 11 is 0. The molecular weight excluding hydrogens is 254 g/mol. The van der Waals surface area contributed by atoms with Gasteiger partial charge in [-0.2, -0.15) is 0 Å². The first-order valence-corrected chi connectivity index (χ1v) is 8.19. The van der Waals surface area contributed by atoms with Crippen LogP contribution in [-0.2, 0) is 19.4 Å². The molecule has 1 unspecified atom stereocenters. The summed E-state index contributed by atoms with van der Waals surface area (Å²) in [6.45, 7) is 2.22. The second kappa shape index (κ2) is 5.31. The van der Waals surface area contributed by atoms with Gasteiger partial charge in [-0.3, -0.25) is 0 Å². The van der Waals surface area contributed by atoms with Gasteiger partial charge in [-0.1, -0.05) is 42.5 Å². The average Bonchev–Trinajstić information content (AvgIpc) is 2.53. The predicted octanol–water partition coefficient (Wildman–Crippen LogP) is 4.14. The largest absolute Gasteiger partial charge is 0.301 e. The van der Waals surface area contributed by atoms with Gasteiger partial charge in [0, 0.05) is 19.0 Å². The molecule has 0 spiro atoms. The highest BCUT2D eigenvalue weighted by Crippen LogP contribution is 2.34. The molecule has 21 heavy (non-hydrogen) atoms. The highest BCUT2D eigenvalue weighted by atomic mass is 15.1. The third kappa shape index (κ3) is 2.40. The van der Waals surface area contributed by atoms with Crippen LogP contribution < -0.4 is 0 Å². The first-order chi connectivity index (χ1) is 10.3. The predicted molar refractivity (Wildman–Crippen MR) is 87.7 cm³/mol. The van der Waals surface area contributed by atoms with Crippen molar-refractivity contribution < 1.29 is 0 Å². The minimum absolute atomic E-state index is 0.534. The molecule has 1 aliphatic carbocycles. The van der Waals surface area contributed by atoms with Gasteiger partial charge in [-0.15, -0.1) is 0 Å². The molecule has 0 aromatic heterocycles. The Morgan fingerprint density at radius 2 is 1.71 bits per heavy atom. The lowest BCUT2D eigenvalue weighted by atomic mass is 9.82. The van der Waals surface area contributed by atoms with E-state index in [4.69, 9.17) is 0 Å². The number of hydrogen-bond acceptors (Lipinski definition) is 1. The fourth-order valence-electron chi connectivity index (χ4n) is 4.04. The maximum atomic E-state index is 2.50. The topological polar surface area (TPSA) is 3.24 Å². The Bertz CT molecular complexity index is 659. The fraction of sp³-hybridized carbons (Fsp3) is 0.400. The summed E-state index contributed by atoms with van der Waals surface area (Å²) in [6, 6.07) is 16.2. The van der Waals surface area contributed by atoms with Crippen LogP contribution in [0.3, 0.4) is 0 Å². The maximum absolute atomic E-state index is 2.50. The van der Waals surface area contributed by atoms with Crippen molar-refractivity contribution in [2.45, 2.75) is 38.1 Å². The lowest BCUT2D eigenvalue weighted by Gasteiger charge is -2.33. The van der Waals surface area contributed by atoms with E-state index in [0.29, 0.717) is 5.92 Å². The van der Waals surface area contributed by atoms with E-state index < -0.39 is 0 Å². The van der Waals surface area contributed by atoms with E-state index in [1.54, 1.807) is 11.1 Å². The summed E-state index contributed by atoms with van der Waals surface area (Å²) in [6.07, 6.45) is 5.27. The van der Waals surface area contributed by atoms with Gasteiger partial charge in [-0.05, 0) is 60.5 Å². The monoisotopic (exact) mass is 277 g/mol. The standard InChI is InChI=1S/C20H23N/c1-21-13-18-8-4-5-9-19(18)20(14-21)17-11-10-15-6-2-3-7-16(15)12-17/h4-5,8-12,20H,2-3,6-7,13-14H2,1H3. The molecule has 0 bridgehead atoms. The summed E-state index contributed by atoms with van der Waals surface area (Å²) in [5.41, 5.74) is 7.72. The van der Waals surface area contributed by atoms with E-state index in [2.05, 4.69) is 54.4 Å². The Morgan fingerprint density at radius 1 is 0.905 bits per heavy atom. The molecule has 0 radical (unpaired) electrons. The van der Waals surface area contributed by atoms with Crippen LogP contribution in [0.5, 0.6) is 0 Å². The van der Waals surface area contributed by atoms with E-state index in [1.807, 2.05) is 0 Å². The Morgan fingerprint density at radius 3 is 2.62 bits per heavy atom. The van der Waals surface area contributed by atoms with Crippen molar-refractivity contribution >= 4 is 0 Å². The van der Waals surface area contributed by atoms with E-state index in [-0.39, 0.29) is 0 Å². The molecule has 0 saturated heterocycles. The van der Waals surface area contributed by atoms with Gasteiger partial charge in [0.1, 0.15) is 0 Å². The summed E-state index contributed by atoms with van der Waals surface area (Å²) in [5.74, 6) is 0.534. The Kier molecular flexibility index (Phi) is 3.31. The van der Waals surface area contributed by atoms with E-state index in [9.17, 15) is 0 Å². The average molecular weight is 277 g/mol. The zero-order valence-corrected chi connectivity index (χ0v) is 12.8. The molecule has 108 valence electrons. The van der Waals surface area contributed by atoms with Crippen LogP contribution in [-0.4, -0.2) is 18.5 Å². The van der Waals surface area contributed by atoms with Crippen molar-refractivity contribution in [1.29, 1.82) is 0 Å². The van der Waals surface area contributed by atoms with Gasteiger partial charge in [0.05, 0.1) is 0 Å². The SMILES string of the molecule is CN1Cc2ccccc2C(c2ccc3c(c2)CCCC3)C1. The molecule has 0 fully saturated rings. The number of benzene rings is 2. The van der Waals surface area contributed by atoms with Crippen molar-refractivity contribution in [3.05, 3.63) is 70.3 Å². The zero-order valence-electron chi connectivity index (χ0n) is 12.8. The fourth-order valence-corrected chi connectivity index (χ4v) is 4.04. The number of nitrogens with zero attached hydrogens (tertiary/aromatic N) is 1. The third-order valence-electron chi connectivity index (χ3n) is 5.14. The minimum atomic E-state index is 0.534. The van der Waals surface area contributed by atoms with Gasteiger partial charge >= 0.3 is 0 Å². The smallest absolute Gasteiger partial charge is 0.0234 e. The van der Waals surface area contributed by atoms with Crippen LogP contribution in [0.25, 0.3) is 0 Å². The maximum Gasteiger partial charge on any atom is 0.0234 e. The highest BCUT2D eigenvalue weighted by molar-refractivity contribution is 5.43. The molecule has 4 rings (SSSR count). The molecule has 0 saturated carbocycles. The van der Waals surface area contributed by atoms with Crippen LogP contribution in [0.4, 0.5) is 0 Å². The zero-order chi connectivity index (χ0) is 14.2. The van der Waals surface area contributed by atoms with Crippen LogP contribution in [0, 0.1) is 0 Å². The molecule has 1 heterocycles. The van der Waals surface area contributed by atoms with Crippen LogP contribution in [0.2, 0.25) is 0 Å². The van der Waals surface area contributed by atoms with Crippen LogP contribution >= 0.6 is 0 Å². The number of aryl methyl sites for hydroxylation is 2. The van der Waals surface area contributed by atoms with Crippen molar-refractivity contribution in [3.8, 4) is 0 Å². The van der Waals surface area contributed by atoms with Crippen molar-refractivity contribution in [2.75, 3.05) is 13.6 Å². The molecule has 2 aliphatic rings. The number of likely N-dealkylation sites (N-methyl/N-ethyl adjacent to an activating group) is 1. The Labute approximate surface area is 127 Å². The first kappa shape index (κ1) is 13.1.